The lowest BCUT2D eigenvalue weighted by Crippen LogP contribution is -2.54. The molecule has 0 aromatic rings. The fourth-order valence-corrected chi connectivity index (χ4v) is 3.30. The van der Waals surface area contributed by atoms with E-state index in [9.17, 15) is 19.2 Å². The zero-order chi connectivity index (χ0) is 20.0. The quantitative estimate of drug-likeness (QED) is 0.387. The summed E-state index contributed by atoms with van der Waals surface area (Å²) in [6, 6.07) is -1.77. The van der Waals surface area contributed by atoms with Crippen LogP contribution in [0.25, 0.3) is 0 Å². The molecule has 2 aliphatic heterocycles. The molecule has 0 radical (unpaired) electrons. The third kappa shape index (κ3) is 5.78. The fraction of sp³-hybridized carbons (Fsp3) is 0.667. The molecule has 0 aromatic heterocycles. The molecule has 0 unspecified atom stereocenters. The number of nitrogens with two attached hydrogens (primary N) is 1. The number of carbonyl (C=O) groups excluding carboxylic acids is 4. The normalized spacial score (nSPS) is 22.7. The number of nitrogens with one attached hydrogen (secondary N) is 3. The lowest BCUT2D eigenvalue weighted by Gasteiger charge is -2.24. The van der Waals surface area contributed by atoms with Crippen LogP contribution < -0.4 is 21.7 Å². The van der Waals surface area contributed by atoms with Crippen molar-refractivity contribution in [3.8, 4) is 0 Å². The van der Waals surface area contributed by atoms with Gasteiger partial charge in [0.1, 0.15) is 12.1 Å². The van der Waals surface area contributed by atoms with E-state index in [0.717, 1.165) is 19.4 Å². The molecule has 0 aliphatic carbocycles. The second-order valence-corrected chi connectivity index (χ2v) is 7.38. The molecule has 0 saturated carbocycles. The van der Waals surface area contributed by atoms with Crippen molar-refractivity contribution in [2.75, 3.05) is 19.6 Å². The third-order valence-electron chi connectivity index (χ3n) is 4.70. The van der Waals surface area contributed by atoms with Crippen LogP contribution in [0.1, 0.15) is 33.1 Å². The van der Waals surface area contributed by atoms with Crippen molar-refractivity contribution in [2.45, 2.75) is 51.2 Å². The topological polar surface area (TPSA) is 134 Å². The molecule has 0 bridgehead atoms. The second kappa shape index (κ2) is 9.50. The van der Waals surface area contributed by atoms with Gasteiger partial charge >= 0.3 is 0 Å². The summed E-state index contributed by atoms with van der Waals surface area (Å²) < 4.78 is 0. The lowest BCUT2D eigenvalue weighted by atomic mass is 10.0. The van der Waals surface area contributed by atoms with Crippen LogP contribution in [0.15, 0.2) is 12.2 Å². The SMILES string of the molecule is CC(C)C[C@H](NC(=O)[C@@H]1CCCN1)C(=O)NCC(=O)N1CC=C[C@@H]1C(N)=O. The molecule has 2 aliphatic rings. The minimum Gasteiger partial charge on any atom is -0.368 e. The van der Waals surface area contributed by atoms with Gasteiger partial charge in [-0.1, -0.05) is 26.0 Å². The standard InChI is InChI=1S/C18H29N5O4/c1-11(2)9-13(22-18(27)12-5-3-7-20-12)17(26)21-10-15(24)23-8-4-6-14(23)16(19)25/h4,6,11-14,20H,3,5,7-10H2,1-2H3,(H2,19,25)(H,21,26)(H,22,27)/t12-,13-,14+/m0/s1. The molecule has 2 heterocycles. The molecule has 0 spiro atoms. The molecule has 9 heteroatoms. The molecule has 27 heavy (non-hydrogen) atoms. The Morgan fingerprint density at radius 2 is 2.04 bits per heavy atom. The number of rotatable bonds is 8. The van der Waals surface area contributed by atoms with E-state index in [4.69, 9.17) is 5.73 Å². The first-order valence-corrected chi connectivity index (χ1v) is 9.36. The molecule has 5 N–H and O–H groups in total. The van der Waals surface area contributed by atoms with Gasteiger partial charge in [0.05, 0.1) is 12.6 Å². The van der Waals surface area contributed by atoms with Crippen LogP contribution in [0.5, 0.6) is 0 Å². The van der Waals surface area contributed by atoms with Crippen molar-refractivity contribution < 1.29 is 19.2 Å². The predicted molar refractivity (Wildman–Crippen MR) is 99.3 cm³/mol. The summed E-state index contributed by atoms with van der Waals surface area (Å²) in [5.41, 5.74) is 5.27. The van der Waals surface area contributed by atoms with Crippen LogP contribution in [0.2, 0.25) is 0 Å². The molecule has 4 amide bonds. The minimum atomic E-state index is -0.783. The Balaban J connectivity index is 1.89. The maximum atomic E-state index is 12.5. The summed E-state index contributed by atoms with van der Waals surface area (Å²) in [6.45, 7) is 4.73. The molecule has 3 atom stereocenters. The summed E-state index contributed by atoms with van der Waals surface area (Å²) >= 11 is 0. The first-order valence-electron chi connectivity index (χ1n) is 9.36. The van der Waals surface area contributed by atoms with E-state index in [0.29, 0.717) is 6.42 Å². The number of hydrogen-bond acceptors (Lipinski definition) is 5. The summed E-state index contributed by atoms with van der Waals surface area (Å²) in [4.78, 5) is 49.8. The summed E-state index contributed by atoms with van der Waals surface area (Å²) in [6.07, 6.45) is 5.40. The van der Waals surface area contributed by atoms with E-state index in [-0.39, 0.29) is 31.0 Å². The molecule has 150 valence electrons. The van der Waals surface area contributed by atoms with Crippen molar-refractivity contribution in [2.24, 2.45) is 11.7 Å². The average molecular weight is 379 g/mol. The Bertz CT molecular complexity index is 613. The van der Waals surface area contributed by atoms with Gasteiger partial charge in [0.15, 0.2) is 0 Å². The number of hydrogen-bond donors (Lipinski definition) is 4. The minimum absolute atomic E-state index is 0.190. The number of nitrogens with zero attached hydrogens (tertiary/aromatic N) is 1. The zero-order valence-electron chi connectivity index (χ0n) is 15.9. The first-order chi connectivity index (χ1) is 12.8. The van der Waals surface area contributed by atoms with E-state index < -0.39 is 29.8 Å². The van der Waals surface area contributed by atoms with Crippen LogP contribution in [0, 0.1) is 5.92 Å². The highest BCUT2D eigenvalue weighted by molar-refractivity contribution is 5.94. The number of amides is 4. The van der Waals surface area contributed by atoms with Crippen molar-refractivity contribution in [1.82, 2.24) is 20.9 Å². The highest BCUT2D eigenvalue weighted by atomic mass is 16.2. The van der Waals surface area contributed by atoms with Crippen molar-refractivity contribution >= 4 is 23.6 Å². The number of primary amides is 1. The van der Waals surface area contributed by atoms with Gasteiger partial charge in [-0.15, -0.1) is 0 Å². The summed E-state index contributed by atoms with van der Waals surface area (Å²) in [7, 11) is 0. The summed E-state index contributed by atoms with van der Waals surface area (Å²) in [5.74, 6) is -1.43. The van der Waals surface area contributed by atoms with Crippen molar-refractivity contribution in [3.63, 3.8) is 0 Å². The van der Waals surface area contributed by atoms with E-state index in [1.807, 2.05) is 13.8 Å². The molecule has 9 nitrogen and oxygen atoms in total. The second-order valence-electron chi connectivity index (χ2n) is 7.38. The van der Waals surface area contributed by atoms with Crippen LogP contribution in [-0.2, 0) is 19.2 Å². The van der Waals surface area contributed by atoms with E-state index in [2.05, 4.69) is 16.0 Å². The number of carbonyl (C=O) groups is 4. The van der Waals surface area contributed by atoms with E-state index in [1.54, 1.807) is 12.2 Å². The van der Waals surface area contributed by atoms with Crippen molar-refractivity contribution in [1.29, 1.82) is 0 Å². The summed E-state index contributed by atoms with van der Waals surface area (Å²) in [5, 5.41) is 8.46. The molecular formula is C18H29N5O4. The van der Waals surface area contributed by atoms with Crippen LogP contribution in [0.4, 0.5) is 0 Å². The Morgan fingerprint density at radius 1 is 1.30 bits per heavy atom. The maximum Gasteiger partial charge on any atom is 0.244 e. The van der Waals surface area contributed by atoms with Crippen LogP contribution in [-0.4, -0.2) is 66.3 Å². The van der Waals surface area contributed by atoms with Crippen LogP contribution in [0.3, 0.4) is 0 Å². The first kappa shape index (κ1) is 20.9. The fourth-order valence-electron chi connectivity index (χ4n) is 3.30. The largest absolute Gasteiger partial charge is 0.368 e. The Kier molecular flexibility index (Phi) is 7.35. The monoisotopic (exact) mass is 379 g/mol. The molecule has 1 saturated heterocycles. The van der Waals surface area contributed by atoms with Gasteiger partial charge in [0.25, 0.3) is 0 Å². The van der Waals surface area contributed by atoms with Crippen molar-refractivity contribution in [3.05, 3.63) is 12.2 Å². The van der Waals surface area contributed by atoms with Gasteiger partial charge in [-0.2, -0.15) is 0 Å². The van der Waals surface area contributed by atoms with Gasteiger partial charge in [-0.3, -0.25) is 19.2 Å². The smallest absolute Gasteiger partial charge is 0.244 e. The maximum absolute atomic E-state index is 12.5. The Labute approximate surface area is 159 Å². The average Bonchev–Trinajstić information content (AvgIpc) is 3.29. The van der Waals surface area contributed by atoms with E-state index >= 15 is 0 Å². The molecule has 2 rings (SSSR count). The highest BCUT2D eigenvalue weighted by Crippen LogP contribution is 2.10. The highest BCUT2D eigenvalue weighted by Gasteiger charge is 2.31. The van der Waals surface area contributed by atoms with Crippen LogP contribution >= 0.6 is 0 Å². The molecular weight excluding hydrogens is 350 g/mol. The zero-order valence-corrected chi connectivity index (χ0v) is 15.9. The van der Waals surface area contributed by atoms with Gasteiger partial charge in [-0.25, -0.2) is 0 Å². The van der Waals surface area contributed by atoms with Gasteiger partial charge in [-0.05, 0) is 31.7 Å². The Morgan fingerprint density at radius 3 is 2.63 bits per heavy atom. The Hall–Kier alpha value is -2.42. The van der Waals surface area contributed by atoms with Gasteiger partial charge in [0.2, 0.25) is 23.6 Å². The molecule has 0 aromatic carbocycles. The molecule has 1 fully saturated rings. The third-order valence-corrected chi connectivity index (χ3v) is 4.70. The van der Waals surface area contributed by atoms with E-state index in [1.165, 1.54) is 4.90 Å². The van der Waals surface area contributed by atoms with Gasteiger partial charge in [0, 0.05) is 6.54 Å². The van der Waals surface area contributed by atoms with Gasteiger partial charge < -0.3 is 26.6 Å². The predicted octanol–water partition coefficient (Wildman–Crippen LogP) is -1.36. The lowest BCUT2D eigenvalue weighted by molar-refractivity contribution is -0.137.